The first-order chi connectivity index (χ1) is 18.5. The van der Waals surface area contributed by atoms with Gasteiger partial charge in [0, 0.05) is 44.6 Å². The fourth-order valence-electron chi connectivity index (χ4n) is 4.32. The van der Waals surface area contributed by atoms with Crippen LogP contribution in [-0.4, -0.2) is 75.9 Å². The Morgan fingerprint density at radius 3 is 2.45 bits per heavy atom. The number of methoxy groups -OCH3 is 1. The topological polar surface area (TPSA) is 147 Å². The van der Waals surface area contributed by atoms with Gasteiger partial charge in [0.1, 0.15) is 11.6 Å². The van der Waals surface area contributed by atoms with E-state index in [1.165, 1.54) is 12.4 Å². The lowest BCUT2D eigenvalue weighted by molar-refractivity contribution is 0.0502. The Labute approximate surface area is 219 Å². The van der Waals surface area contributed by atoms with Gasteiger partial charge in [0.2, 0.25) is 5.95 Å². The minimum absolute atomic E-state index is 0.168. The number of aromatic nitrogens is 6. The monoisotopic (exact) mass is 519 g/mol. The molecule has 4 aromatic rings. The summed E-state index contributed by atoms with van der Waals surface area (Å²) in [6.45, 7) is 5.80. The van der Waals surface area contributed by atoms with E-state index in [0.29, 0.717) is 51.2 Å². The van der Waals surface area contributed by atoms with Crippen LogP contribution in [0, 0.1) is 0 Å². The Bertz CT molecular complexity index is 1420. The molecule has 1 aliphatic rings. The van der Waals surface area contributed by atoms with Crippen LogP contribution < -0.4 is 20.4 Å². The SMILES string of the molecule is CCn1c(CN(C)c2ncc(C(=O)ON)cn2)nc2c(N3CCOCC3)nc(-c3ccc(OC)cc3)nc21. The van der Waals surface area contributed by atoms with Crippen LogP contribution in [-0.2, 0) is 22.7 Å². The number of nitrogens with two attached hydrogens (primary N) is 1. The fraction of sp³-hybridized carbons (Fsp3) is 0.360. The van der Waals surface area contributed by atoms with Crippen molar-refractivity contribution in [3.63, 3.8) is 0 Å². The van der Waals surface area contributed by atoms with Crippen LogP contribution in [0.3, 0.4) is 0 Å². The molecule has 2 N–H and O–H groups in total. The summed E-state index contributed by atoms with van der Waals surface area (Å²) in [6, 6.07) is 7.69. The van der Waals surface area contributed by atoms with Crippen LogP contribution in [0.2, 0.25) is 0 Å². The second-order valence-corrected chi connectivity index (χ2v) is 8.68. The van der Waals surface area contributed by atoms with Crippen molar-refractivity contribution >= 4 is 28.9 Å². The summed E-state index contributed by atoms with van der Waals surface area (Å²) >= 11 is 0. The summed E-state index contributed by atoms with van der Waals surface area (Å²) < 4.78 is 13.0. The van der Waals surface area contributed by atoms with Gasteiger partial charge in [0.15, 0.2) is 22.8 Å². The molecule has 1 saturated heterocycles. The van der Waals surface area contributed by atoms with E-state index in [9.17, 15) is 4.79 Å². The van der Waals surface area contributed by atoms with E-state index in [1.54, 1.807) is 7.11 Å². The van der Waals surface area contributed by atoms with Gasteiger partial charge in [-0.3, -0.25) is 0 Å². The highest BCUT2D eigenvalue weighted by Gasteiger charge is 2.24. The maximum atomic E-state index is 11.6. The van der Waals surface area contributed by atoms with Crippen LogP contribution in [0.4, 0.5) is 11.8 Å². The molecule has 0 spiro atoms. The summed E-state index contributed by atoms with van der Waals surface area (Å²) in [5, 5.41) is 0. The normalized spacial score (nSPS) is 13.5. The minimum Gasteiger partial charge on any atom is -0.497 e. The van der Waals surface area contributed by atoms with Gasteiger partial charge >= 0.3 is 5.97 Å². The number of morpholine rings is 1. The number of hydrogen-bond donors (Lipinski definition) is 1. The number of anilines is 2. The van der Waals surface area contributed by atoms with Crippen molar-refractivity contribution in [2.45, 2.75) is 20.0 Å². The average Bonchev–Trinajstić information content (AvgIpc) is 3.33. The number of benzene rings is 1. The third-order valence-corrected chi connectivity index (χ3v) is 6.33. The molecule has 1 fully saturated rings. The smallest absolute Gasteiger partial charge is 0.359 e. The molecule has 0 aliphatic carbocycles. The van der Waals surface area contributed by atoms with Crippen LogP contribution >= 0.6 is 0 Å². The molecule has 1 aromatic carbocycles. The van der Waals surface area contributed by atoms with E-state index in [2.05, 4.69) is 31.2 Å². The molecule has 5 rings (SSSR count). The molecule has 4 heterocycles. The number of carbonyl (C=O) groups excluding carboxylic acids is 1. The number of rotatable bonds is 8. The van der Waals surface area contributed by atoms with Gasteiger partial charge in [-0.05, 0) is 31.2 Å². The number of hydrogen-bond acceptors (Lipinski definition) is 12. The molecule has 0 amide bonds. The number of carbonyl (C=O) groups is 1. The van der Waals surface area contributed by atoms with E-state index in [4.69, 9.17) is 30.3 Å². The Morgan fingerprint density at radius 1 is 1.11 bits per heavy atom. The summed E-state index contributed by atoms with van der Waals surface area (Å²) in [6.07, 6.45) is 2.75. The third kappa shape index (κ3) is 4.93. The van der Waals surface area contributed by atoms with Gasteiger partial charge in [-0.15, -0.1) is 0 Å². The summed E-state index contributed by atoms with van der Waals surface area (Å²) in [5.41, 5.74) is 2.53. The third-order valence-electron chi connectivity index (χ3n) is 6.33. The van der Waals surface area contributed by atoms with Crippen molar-refractivity contribution in [3.8, 4) is 17.1 Å². The number of imidazole rings is 1. The van der Waals surface area contributed by atoms with Gasteiger partial charge in [0.25, 0.3) is 0 Å². The molecular weight excluding hydrogens is 490 g/mol. The lowest BCUT2D eigenvalue weighted by Gasteiger charge is -2.28. The molecule has 0 atom stereocenters. The molecule has 0 radical (unpaired) electrons. The maximum Gasteiger partial charge on any atom is 0.359 e. The van der Waals surface area contributed by atoms with E-state index >= 15 is 0 Å². The van der Waals surface area contributed by atoms with Gasteiger partial charge in [0.05, 0.1) is 32.4 Å². The summed E-state index contributed by atoms with van der Waals surface area (Å²) in [5.74, 6) is 7.61. The van der Waals surface area contributed by atoms with E-state index in [-0.39, 0.29) is 5.56 Å². The first-order valence-corrected chi connectivity index (χ1v) is 12.2. The maximum absolute atomic E-state index is 11.6. The molecule has 13 heteroatoms. The minimum atomic E-state index is -0.700. The highest BCUT2D eigenvalue weighted by Crippen LogP contribution is 2.30. The van der Waals surface area contributed by atoms with Crippen molar-refractivity contribution in [3.05, 3.63) is 48.0 Å². The predicted octanol–water partition coefficient (Wildman–Crippen LogP) is 1.82. The van der Waals surface area contributed by atoms with Gasteiger partial charge in [-0.2, -0.15) is 5.90 Å². The Balaban J connectivity index is 1.55. The second-order valence-electron chi connectivity index (χ2n) is 8.68. The zero-order valence-electron chi connectivity index (χ0n) is 21.5. The zero-order valence-corrected chi connectivity index (χ0v) is 21.5. The highest BCUT2D eigenvalue weighted by atomic mass is 16.7. The quantitative estimate of drug-likeness (QED) is 0.339. The average molecular weight is 520 g/mol. The largest absolute Gasteiger partial charge is 0.497 e. The van der Waals surface area contributed by atoms with Gasteiger partial charge in [-0.25, -0.2) is 29.7 Å². The van der Waals surface area contributed by atoms with Crippen molar-refractivity contribution in [2.24, 2.45) is 5.90 Å². The van der Waals surface area contributed by atoms with Crippen molar-refractivity contribution in [1.29, 1.82) is 0 Å². The Hall–Kier alpha value is -4.36. The number of nitrogens with zero attached hydrogens (tertiary/aromatic N) is 8. The van der Waals surface area contributed by atoms with E-state index in [0.717, 1.165) is 34.1 Å². The molecular formula is C25H29N9O4. The Morgan fingerprint density at radius 2 is 1.82 bits per heavy atom. The fourth-order valence-corrected chi connectivity index (χ4v) is 4.32. The second kappa shape index (κ2) is 10.9. The molecule has 0 bridgehead atoms. The van der Waals surface area contributed by atoms with Gasteiger partial charge < -0.3 is 28.7 Å². The molecule has 3 aromatic heterocycles. The molecule has 38 heavy (non-hydrogen) atoms. The van der Waals surface area contributed by atoms with E-state index in [1.807, 2.05) is 36.2 Å². The standard InChI is InChI=1S/C25H29N9O4/c1-4-34-19(15-32(2)25-27-13-17(14-28-25)24(35)38-26)29-20-22(33-9-11-37-12-10-33)30-21(31-23(20)34)16-5-7-18(36-3)8-6-16/h5-8,13-14H,4,9-12,15,26H2,1-3H3. The molecule has 198 valence electrons. The van der Waals surface area contributed by atoms with E-state index < -0.39 is 5.97 Å². The van der Waals surface area contributed by atoms with Crippen molar-refractivity contribution in [2.75, 3.05) is 50.3 Å². The van der Waals surface area contributed by atoms with Gasteiger partial charge in [-0.1, -0.05) is 0 Å². The van der Waals surface area contributed by atoms with Crippen molar-refractivity contribution < 1.29 is 19.1 Å². The first-order valence-electron chi connectivity index (χ1n) is 12.2. The van der Waals surface area contributed by atoms with Crippen LogP contribution in [0.1, 0.15) is 23.1 Å². The predicted molar refractivity (Wildman–Crippen MR) is 140 cm³/mol. The summed E-state index contributed by atoms with van der Waals surface area (Å²) in [4.78, 5) is 43.3. The Kier molecular flexibility index (Phi) is 7.29. The molecule has 13 nitrogen and oxygen atoms in total. The van der Waals surface area contributed by atoms with Crippen molar-refractivity contribution in [1.82, 2.24) is 29.5 Å². The van der Waals surface area contributed by atoms with Crippen LogP contribution in [0.15, 0.2) is 36.7 Å². The summed E-state index contributed by atoms with van der Waals surface area (Å²) in [7, 11) is 3.49. The number of ether oxygens (including phenoxy) is 2. The van der Waals surface area contributed by atoms with Crippen LogP contribution in [0.25, 0.3) is 22.6 Å². The van der Waals surface area contributed by atoms with Crippen LogP contribution in [0.5, 0.6) is 5.75 Å². The lowest BCUT2D eigenvalue weighted by Crippen LogP contribution is -2.37. The highest BCUT2D eigenvalue weighted by molar-refractivity contribution is 5.88. The molecule has 0 saturated carbocycles. The zero-order chi connectivity index (χ0) is 26.6. The molecule has 0 unspecified atom stereocenters. The number of fused-ring (bicyclic) bond motifs is 1. The lowest BCUT2D eigenvalue weighted by atomic mass is 10.2. The first kappa shape index (κ1) is 25.3. The number of aryl methyl sites for hydroxylation is 1. The molecule has 1 aliphatic heterocycles.